The van der Waals surface area contributed by atoms with Gasteiger partial charge in [-0.3, -0.25) is 15.0 Å². The van der Waals surface area contributed by atoms with Crippen molar-refractivity contribution in [3.05, 3.63) is 52.6 Å². The fourth-order valence-corrected chi connectivity index (χ4v) is 4.01. The Morgan fingerprint density at radius 1 is 1.26 bits per heavy atom. The third-order valence-electron chi connectivity index (χ3n) is 5.31. The van der Waals surface area contributed by atoms with Crippen molar-refractivity contribution in [2.75, 3.05) is 24.5 Å². The van der Waals surface area contributed by atoms with E-state index in [4.69, 9.17) is 4.74 Å². The standard InChI is InChI=1S/C18H20FN5O3/c1-12-16-8-14(27-17-5-3-2-4-15(17)24(25)26)11-22(16)6-7-23(12)18-20-9-13(19)10-21-18/h2-5,9-10,12,14,16H,6-8,11H2,1H3/t12?,14-,16-/m0/s1. The molecule has 0 saturated carbocycles. The van der Waals surface area contributed by atoms with Crippen LogP contribution in [0.3, 0.4) is 0 Å². The summed E-state index contributed by atoms with van der Waals surface area (Å²) in [5.74, 6) is 0.370. The van der Waals surface area contributed by atoms with Crippen molar-refractivity contribution in [3.63, 3.8) is 0 Å². The molecule has 0 bridgehead atoms. The molecule has 1 aromatic heterocycles. The number of anilines is 1. The quantitative estimate of drug-likeness (QED) is 0.600. The Balaban J connectivity index is 1.47. The summed E-state index contributed by atoms with van der Waals surface area (Å²) in [6.45, 7) is 4.37. The highest BCUT2D eigenvalue weighted by molar-refractivity contribution is 5.46. The zero-order chi connectivity index (χ0) is 19.0. The van der Waals surface area contributed by atoms with Gasteiger partial charge in [-0.15, -0.1) is 0 Å². The number of benzene rings is 1. The number of hydrogen-bond acceptors (Lipinski definition) is 7. The summed E-state index contributed by atoms with van der Waals surface area (Å²) < 4.78 is 19.1. The van der Waals surface area contributed by atoms with Crippen molar-refractivity contribution >= 4 is 11.6 Å². The first kappa shape index (κ1) is 17.6. The molecule has 0 aliphatic carbocycles. The highest BCUT2D eigenvalue weighted by Crippen LogP contribution is 2.33. The van der Waals surface area contributed by atoms with Gasteiger partial charge in [-0.25, -0.2) is 14.4 Å². The molecule has 3 heterocycles. The second kappa shape index (κ2) is 7.07. The molecular formula is C18H20FN5O3. The fraction of sp³-hybridized carbons (Fsp3) is 0.444. The molecule has 0 amide bonds. The number of halogens is 1. The number of para-hydroxylation sites is 2. The molecule has 2 aliphatic heterocycles. The van der Waals surface area contributed by atoms with E-state index in [1.165, 1.54) is 18.5 Å². The van der Waals surface area contributed by atoms with Gasteiger partial charge in [0.25, 0.3) is 0 Å². The van der Waals surface area contributed by atoms with Crippen LogP contribution in [-0.4, -0.2) is 57.6 Å². The summed E-state index contributed by atoms with van der Waals surface area (Å²) in [6, 6.07) is 6.81. The zero-order valence-corrected chi connectivity index (χ0v) is 14.9. The van der Waals surface area contributed by atoms with E-state index in [0.717, 1.165) is 26.1 Å². The van der Waals surface area contributed by atoms with Crippen LogP contribution in [0.4, 0.5) is 16.0 Å². The van der Waals surface area contributed by atoms with E-state index in [2.05, 4.69) is 26.7 Å². The van der Waals surface area contributed by atoms with Crippen LogP contribution in [0.1, 0.15) is 13.3 Å². The summed E-state index contributed by atoms with van der Waals surface area (Å²) in [5, 5.41) is 11.2. The molecule has 27 heavy (non-hydrogen) atoms. The van der Waals surface area contributed by atoms with Gasteiger partial charge in [-0.05, 0) is 13.0 Å². The van der Waals surface area contributed by atoms with Gasteiger partial charge in [0.15, 0.2) is 11.6 Å². The third kappa shape index (κ3) is 3.42. The number of hydrogen-bond donors (Lipinski definition) is 0. The van der Waals surface area contributed by atoms with Gasteiger partial charge >= 0.3 is 5.69 Å². The third-order valence-corrected chi connectivity index (χ3v) is 5.31. The van der Waals surface area contributed by atoms with Gasteiger partial charge in [0.1, 0.15) is 6.10 Å². The lowest BCUT2D eigenvalue weighted by molar-refractivity contribution is -0.386. The topological polar surface area (TPSA) is 84.6 Å². The van der Waals surface area contributed by atoms with Crippen LogP contribution in [-0.2, 0) is 0 Å². The molecule has 2 aliphatic rings. The van der Waals surface area contributed by atoms with Crippen molar-refractivity contribution in [3.8, 4) is 5.75 Å². The predicted molar refractivity (Wildman–Crippen MR) is 96.3 cm³/mol. The number of nitro groups is 1. The summed E-state index contributed by atoms with van der Waals surface area (Å²) >= 11 is 0. The van der Waals surface area contributed by atoms with Gasteiger partial charge in [0.2, 0.25) is 5.95 Å². The van der Waals surface area contributed by atoms with E-state index in [1.54, 1.807) is 18.2 Å². The van der Waals surface area contributed by atoms with Crippen molar-refractivity contribution in [2.45, 2.75) is 31.5 Å². The molecule has 3 atom stereocenters. The van der Waals surface area contributed by atoms with Crippen molar-refractivity contribution in [2.24, 2.45) is 0 Å². The number of piperazine rings is 1. The number of fused-ring (bicyclic) bond motifs is 1. The highest BCUT2D eigenvalue weighted by atomic mass is 19.1. The van der Waals surface area contributed by atoms with Crippen LogP contribution in [0.25, 0.3) is 0 Å². The van der Waals surface area contributed by atoms with E-state index in [9.17, 15) is 14.5 Å². The number of nitrogens with zero attached hydrogens (tertiary/aromatic N) is 5. The van der Waals surface area contributed by atoms with Crippen LogP contribution in [0.5, 0.6) is 5.75 Å². The lowest BCUT2D eigenvalue weighted by atomic mass is 10.0. The highest BCUT2D eigenvalue weighted by Gasteiger charge is 2.42. The lowest BCUT2D eigenvalue weighted by Crippen LogP contribution is -2.56. The Bertz CT molecular complexity index is 834. The molecule has 1 aromatic carbocycles. The van der Waals surface area contributed by atoms with E-state index in [0.29, 0.717) is 11.7 Å². The molecule has 9 heteroatoms. The first-order valence-electron chi connectivity index (χ1n) is 8.91. The van der Waals surface area contributed by atoms with Crippen molar-refractivity contribution in [1.82, 2.24) is 14.9 Å². The maximum absolute atomic E-state index is 13.1. The van der Waals surface area contributed by atoms with Gasteiger partial charge < -0.3 is 9.64 Å². The monoisotopic (exact) mass is 373 g/mol. The van der Waals surface area contributed by atoms with Gasteiger partial charge in [-0.2, -0.15) is 0 Å². The van der Waals surface area contributed by atoms with Gasteiger partial charge in [0, 0.05) is 44.2 Å². The van der Waals surface area contributed by atoms with Crippen LogP contribution in [0, 0.1) is 15.9 Å². The maximum atomic E-state index is 13.1. The molecule has 2 saturated heterocycles. The first-order chi connectivity index (χ1) is 13.0. The SMILES string of the molecule is CC1[C@@H]2C[C@H](Oc3ccccc3[N+](=O)[O-])CN2CCN1c1ncc(F)cn1. The Morgan fingerprint density at radius 2 is 2.00 bits per heavy atom. The molecule has 0 N–H and O–H groups in total. The van der Waals surface area contributed by atoms with Crippen LogP contribution >= 0.6 is 0 Å². The Kier molecular flexibility index (Phi) is 4.61. The summed E-state index contributed by atoms with van der Waals surface area (Å²) in [7, 11) is 0. The molecule has 0 spiro atoms. The second-order valence-electron chi connectivity index (χ2n) is 6.90. The molecule has 1 unspecified atom stereocenters. The molecule has 142 valence electrons. The average molecular weight is 373 g/mol. The number of nitro benzene ring substituents is 1. The molecule has 0 radical (unpaired) electrons. The molecular weight excluding hydrogens is 353 g/mol. The van der Waals surface area contributed by atoms with E-state index >= 15 is 0 Å². The van der Waals surface area contributed by atoms with Crippen molar-refractivity contribution < 1.29 is 14.1 Å². The summed E-state index contributed by atoms with van der Waals surface area (Å²) in [6.07, 6.45) is 2.99. The minimum atomic E-state index is -0.455. The number of ether oxygens (including phenoxy) is 1. The second-order valence-corrected chi connectivity index (χ2v) is 6.90. The van der Waals surface area contributed by atoms with E-state index in [-0.39, 0.29) is 23.9 Å². The number of rotatable bonds is 4. The first-order valence-corrected chi connectivity index (χ1v) is 8.91. The summed E-state index contributed by atoms with van der Waals surface area (Å²) in [5.41, 5.74) is -0.0169. The van der Waals surface area contributed by atoms with Crippen LogP contribution in [0.15, 0.2) is 36.7 Å². The molecule has 8 nitrogen and oxygen atoms in total. The van der Waals surface area contributed by atoms with Gasteiger partial charge in [-0.1, -0.05) is 12.1 Å². The Hall–Kier alpha value is -2.81. The average Bonchev–Trinajstić information content (AvgIpc) is 3.07. The zero-order valence-electron chi connectivity index (χ0n) is 14.9. The van der Waals surface area contributed by atoms with E-state index in [1.807, 2.05) is 0 Å². The molecule has 4 rings (SSSR count). The maximum Gasteiger partial charge on any atom is 0.310 e. The van der Waals surface area contributed by atoms with Crippen LogP contribution < -0.4 is 9.64 Å². The largest absolute Gasteiger partial charge is 0.482 e. The van der Waals surface area contributed by atoms with Crippen LogP contribution in [0.2, 0.25) is 0 Å². The Labute approximate surface area is 155 Å². The Morgan fingerprint density at radius 3 is 2.74 bits per heavy atom. The van der Waals surface area contributed by atoms with E-state index < -0.39 is 10.7 Å². The molecule has 2 fully saturated rings. The minimum Gasteiger partial charge on any atom is -0.482 e. The summed E-state index contributed by atoms with van der Waals surface area (Å²) in [4.78, 5) is 23.4. The normalized spacial score (nSPS) is 25.3. The van der Waals surface area contributed by atoms with Crippen molar-refractivity contribution in [1.29, 1.82) is 0 Å². The predicted octanol–water partition coefficient (Wildman–Crippen LogP) is 2.25. The number of aromatic nitrogens is 2. The molecule has 2 aromatic rings. The fourth-order valence-electron chi connectivity index (χ4n) is 4.01. The lowest BCUT2D eigenvalue weighted by Gasteiger charge is -2.42. The smallest absolute Gasteiger partial charge is 0.310 e. The van der Waals surface area contributed by atoms with Gasteiger partial charge in [0.05, 0.1) is 17.3 Å². The minimum absolute atomic E-state index is 0.0169.